The van der Waals surface area contributed by atoms with Gasteiger partial charge < -0.3 is 0 Å². The van der Waals surface area contributed by atoms with Crippen molar-refractivity contribution in [1.82, 2.24) is 0 Å². The van der Waals surface area contributed by atoms with E-state index in [2.05, 4.69) is 0 Å². The zero-order valence-electron chi connectivity index (χ0n) is 1.99. The van der Waals surface area contributed by atoms with Gasteiger partial charge in [0.15, 0.2) is 0 Å². The molecule has 0 aliphatic rings. The fraction of sp³-hybridized carbons (Fsp3) is 0. The maximum Gasteiger partial charge on any atom is 0 e. The summed E-state index contributed by atoms with van der Waals surface area (Å²) in [7, 11) is 0. The van der Waals surface area contributed by atoms with Crippen LogP contribution in [0.4, 0.5) is 0 Å². The Balaban J connectivity index is 0. The third kappa shape index (κ3) is 8.83. The van der Waals surface area contributed by atoms with Gasteiger partial charge in [0, 0.05) is 83.7 Å². The van der Waals surface area contributed by atoms with Crippen LogP contribution < -0.4 is 0 Å². The maximum absolute atomic E-state index is 0. The largest absolute Gasteiger partial charge is 0 e. The van der Waals surface area contributed by atoms with E-state index in [1.807, 2.05) is 0 Å². The van der Waals surface area contributed by atoms with Gasteiger partial charge in [-0.1, -0.05) is 0 Å². The SMILES string of the molecule is [Cr].[Mg].[Mn].[Zr]. The Bertz CT molecular complexity index is 8.00. The quantitative estimate of drug-likeness (QED) is 0.490. The summed E-state index contributed by atoms with van der Waals surface area (Å²) < 4.78 is 0. The van der Waals surface area contributed by atoms with Crippen molar-refractivity contribution in [3.05, 3.63) is 0 Å². The Kier molecular flexibility index (Phi) is 129. The topological polar surface area (TPSA) is 0 Å². The average Bonchev–Trinajstić information content (AvgIpc) is 0. The second-order valence-electron chi connectivity index (χ2n) is 0. The van der Waals surface area contributed by atoms with E-state index in [1.165, 1.54) is 0 Å². The van der Waals surface area contributed by atoms with E-state index in [1.54, 1.807) is 0 Å². The predicted octanol–water partition coefficient (Wildman–Crippen LogP) is -0.388. The van der Waals surface area contributed by atoms with Gasteiger partial charge in [-0.3, -0.25) is 0 Å². The number of rotatable bonds is 0. The van der Waals surface area contributed by atoms with Crippen LogP contribution in [0.15, 0.2) is 0 Å². The fourth-order valence-electron chi connectivity index (χ4n) is 0. The first kappa shape index (κ1) is 29.9. The Labute approximate surface area is 82.4 Å². The van der Waals surface area contributed by atoms with Crippen molar-refractivity contribution in [1.29, 1.82) is 0 Å². The average molecular weight is 222 g/mol. The number of hydrogen-bond donors (Lipinski definition) is 0. The molecule has 0 saturated carbocycles. The van der Waals surface area contributed by atoms with Gasteiger partial charge in [-0.15, -0.1) is 0 Å². The molecule has 0 aromatic rings. The molecule has 3 radical (unpaired) electrons. The summed E-state index contributed by atoms with van der Waals surface area (Å²) >= 11 is 0. The van der Waals surface area contributed by atoms with Crippen LogP contribution in [-0.2, 0) is 60.6 Å². The first-order chi connectivity index (χ1) is 0. The van der Waals surface area contributed by atoms with Gasteiger partial charge in [-0.05, 0) is 0 Å². The van der Waals surface area contributed by atoms with Crippen LogP contribution in [0.5, 0.6) is 0 Å². The van der Waals surface area contributed by atoms with E-state index in [4.69, 9.17) is 0 Å². The van der Waals surface area contributed by atoms with Gasteiger partial charge in [-0.25, -0.2) is 0 Å². The second kappa shape index (κ2) is 17.3. The summed E-state index contributed by atoms with van der Waals surface area (Å²) in [5, 5.41) is 0. The van der Waals surface area contributed by atoms with Crippen LogP contribution in [0.2, 0.25) is 0 Å². The van der Waals surface area contributed by atoms with Gasteiger partial charge in [0.05, 0.1) is 0 Å². The molecule has 0 rings (SSSR count). The van der Waals surface area contributed by atoms with Crippen LogP contribution in [0.25, 0.3) is 0 Å². The smallest absolute Gasteiger partial charge is 0 e. The molecule has 0 unspecified atom stereocenters. The molecule has 0 nitrogen and oxygen atoms in total. The van der Waals surface area contributed by atoms with E-state index in [-0.39, 0.29) is 83.7 Å². The minimum absolute atomic E-state index is 0. The van der Waals surface area contributed by atoms with Crippen LogP contribution >= 0.6 is 0 Å². The summed E-state index contributed by atoms with van der Waals surface area (Å²) in [4.78, 5) is 0. The molecule has 0 aliphatic heterocycles. The Hall–Kier alpha value is 2.70. The van der Waals surface area contributed by atoms with Crippen LogP contribution in [-0.4, -0.2) is 23.1 Å². The standard InChI is InChI=1S/Cr.Mg.Mn.Zr. The normalized spacial score (nSPS) is 0. The molecule has 0 aliphatic carbocycles. The van der Waals surface area contributed by atoms with Crippen LogP contribution in [0, 0.1) is 0 Å². The van der Waals surface area contributed by atoms with Crippen molar-refractivity contribution < 1.29 is 60.6 Å². The molecule has 0 fully saturated rings. The van der Waals surface area contributed by atoms with E-state index in [0.717, 1.165) is 0 Å². The van der Waals surface area contributed by atoms with E-state index in [0.29, 0.717) is 0 Å². The zero-order valence-corrected chi connectivity index (χ0v) is 8.32. The van der Waals surface area contributed by atoms with Gasteiger partial charge in [0.25, 0.3) is 0 Å². The molecule has 0 bridgehead atoms. The summed E-state index contributed by atoms with van der Waals surface area (Å²) in [6, 6.07) is 0. The molecule has 0 saturated heterocycles. The van der Waals surface area contributed by atoms with Crippen molar-refractivity contribution in [2.24, 2.45) is 0 Å². The Morgan fingerprint density at radius 3 is 1.00 bits per heavy atom. The molecule has 0 aromatic carbocycles. The second-order valence-corrected chi connectivity index (χ2v) is 0. The third-order valence-electron chi connectivity index (χ3n) is 0. The molecular weight excluding hydrogens is 222 g/mol. The fourth-order valence-corrected chi connectivity index (χ4v) is 0. The van der Waals surface area contributed by atoms with Gasteiger partial charge in [0.2, 0.25) is 0 Å². The molecule has 19 valence electrons. The Morgan fingerprint density at radius 2 is 1.00 bits per heavy atom. The van der Waals surface area contributed by atoms with Gasteiger partial charge in [-0.2, -0.15) is 0 Å². The van der Waals surface area contributed by atoms with Crippen molar-refractivity contribution >= 4 is 23.1 Å². The van der Waals surface area contributed by atoms with E-state index >= 15 is 0 Å². The van der Waals surface area contributed by atoms with Crippen molar-refractivity contribution in [3.8, 4) is 0 Å². The summed E-state index contributed by atoms with van der Waals surface area (Å²) in [6.07, 6.45) is 0. The molecule has 0 amide bonds. The molecule has 0 aromatic heterocycles. The van der Waals surface area contributed by atoms with Crippen molar-refractivity contribution in [3.63, 3.8) is 0 Å². The summed E-state index contributed by atoms with van der Waals surface area (Å²) in [6.45, 7) is 0. The molecule has 4 heteroatoms. The maximum atomic E-state index is 0. The molecule has 0 atom stereocenters. The predicted molar refractivity (Wildman–Crippen MR) is 5.75 cm³/mol. The van der Waals surface area contributed by atoms with Gasteiger partial charge >= 0.3 is 0 Å². The van der Waals surface area contributed by atoms with E-state index in [9.17, 15) is 0 Å². The van der Waals surface area contributed by atoms with Crippen LogP contribution in [0.1, 0.15) is 0 Å². The number of hydrogen-bond acceptors (Lipinski definition) is 0. The first-order valence-corrected chi connectivity index (χ1v) is 0. The molecular formula is CrMgMnZr. The van der Waals surface area contributed by atoms with E-state index < -0.39 is 0 Å². The monoisotopic (exact) mass is 221 g/mol. The minimum atomic E-state index is 0. The molecule has 0 N–H and O–H groups in total. The Morgan fingerprint density at radius 1 is 1.00 bits per heavy atom. The molecule has 0 spiro atoms. The van der Waals surface area contributed by atoms with Crippen molar-refractivity contribution in [2.75, 3.05) is 0 Å². The third-order valence-corrected chi connectivity index (χ3v) is 0. The minimum Gasteiger partial charge on any atom is 0 e. The zero-order chi connectivity index (χ0) is 0. The van der Waals surface area contributed by atoms with Crippen LogP contribution in [0.3, 0.4) is 0 Å². The molecule has 0 heterocycles. The van der Waals surface area contributed by atoms with Gasteiger partial charge in [0.1, 0.15) is 0 Å². The van der Waals surface area contributed by atoms with Crippen molar-refractivity contribution in [2.45, 2.75) is 0 Å². The molecule has 4 heavy (non-hydrogen) atoms. The summed E-state index contributed by atoms with van der Waals surface area (Å²) in [5.74, 6) is 0. The first-order valence-electron chi connectivity index (χ1n) is 0. The summed E-state index contributed by atoms with van der Waals surface area (Å²) in [5.41, 5.74) is 0.